The first-order chi connectivity index (χ1) is 13.6. The second-order valence-corrected chi connectivity index (χ2v) is 7.11. The van der Waals surface area contributed by atoms with Crippen LogP contribution in [0.2, 0.25) is 10.0 Å². The molecule has 0 unspecified atom stereocenters. The van der Waals surface area contributed by atoms with Crippen LogP contribution in [0, 0.1) is 0 Å². The van der Waals surface area contributed by atoms with Gasteiger partial charge in [-0.15, -0.1) is 0 Å². The van der Waals surface area contributed by atoms with Crippen molar-refractivity contribution in [1.29, 1.82) is 0 Å². The number of H-pyrrole nitrogens is 1. The second-order valence-electron chi connectivity index (χ2n) is 6.30. The van der Waals surface area contributed by atoms with Crippen molar-refractivity contribution in [3.63, 3.8) is 0 Å². The van der Waals surface area contributed by atoms with Crippen LogP contribution in [0.1, 0.15) is 12.2 Å². The van der Waals surface area contributed by atoms with E-state index >= 15 is 0 Å². The average Bonchev–Trinajstić information content (AvgIpc) is 3.12. The summed E-state index contributed by atoms with van der Waals surface area (Å²) in [5, 5.41) is 8.07. The van der Waals surface area contributed by atoms with Crippen LogP contribution in [0.15, 0.2) is 59.5 Å². The van der Waals surface area contributed by atoms with Crippen molar-refractivity contribution in [3.05, 3.63) is 81.0 Å². The molecule has 0 aliphatic carbocycles. The Morgan fingerprint density at radius 2 is 1.86 bits per heavy atom. The quantitative estimate of drug-likeness (QED) is 0.457. The Kier molecular flexibility index (Phi) is 5.32. The number of hydrogen-bond donors (Lipinski definition) is 2. The van der Waals surface area contributed by atoms with Gasteiger partial charge in [-0.05, 0) is 42.8 Å². The van der Waals surface area contributed by atoms with E-state index in [-0.39, 0.29) is 10.6 Å². The summed E-state index contributed by atoms with van der Waals surface area (Å²) in [7, 11) is 0. The molecule has 142 valence electrons. The predicted octanol–water partition coefficient (Wildman–Crippen LogP) is 4.46. The molecule has 4 rings (SSSR count). The van der Waals surface area contributed by atoms with Crippen LogP contribution in [0.25, 0.3) is 16.7 Å². The minimum absolute atomic E-state index is 0.105. The van der Waals surface area contributed by atoms with Gasteiger partial charge in [-0.3, -0.25) is 4.79 Å². The van der Waals surface area contributed by atoms with Crippen molar-refractivity contribution >= 4 is 39.9 Å². The van der Waals surface area contributed by atoms with Gasteiger partial charge in [0.05, 0.1) is 28.6 Å². The van der Waals surface area contributed by atoms with Crippen LogP contribution in [0.4, 0.5) is 5.69 Å². The van der Waals surface area contributed by atoms with Gasteiger partial charge in [0.15, 0.2) is 0 Å². The van der Waals surface area contributed by atoms with Crippen molar-refractivity contribution in [3.8, 4) is 5.69 Å². The van der Waals surface area contributed by atoms with Crippen molar-refractivity contribution in [2.75, 3.05) is 11.9 Å². The number of benzene rings is 2. The van der Waals surface area contributed by atoms with Gasteiger partial charge in [-0.2, -0.15) is 9.78 Å². The molecular weight excluding hydrogens is 397 g/mol. The Hall–Kier alpha value is -2.83. The third-order valence-corrected chi connectivity index (χ3v) is 4.95. The molecule has 2 N–H and O–H groups in total. The first-order valence-corrected chi connectivity index (χ1v) is 9.59. The van der Waals surface area contributed by atoms with Gasteiger partial charge in [0.1, 0.15) is 10.8 Å². The highest BCUT2D eigenvalue weighted by atomic mass is 35.5. The van der Waals surface area contributed by atoms with Gasteiger partial charge in [-0.1, -0.05) is 35.3 Å². The molecule has 2 heterocycles. The van der Waals surface area contributed by atoms with Crippen LogP contribution in [0.5, 0.6) is 0 Å². The standard InChI is InChI=1S/C20H17Cl2N5O/c21-13-7-9-14(10-8-13)27-20(28)19(22)17(12-24-27)23-11-3-6-18-25-15-4-1-2-5-16(15)26-18/h1-2,4-5,7-10,12,23H,3,6,11H2,(H,25,26). The highest BCUT2D eigenvalue weighted by Gasteiger charge is 2.10. The number of rotatable bonds is 6. The average molecular weight is 414 g/mol. The number of fused-ring (bicyclic) bond motifs is 1. The second kappa shape index (κ2) is 8.04. The van der Waals surface area contributed by atoms with E-state index in [2.05, 4.69) is 20.4 Å². The molecule has 0 radical (unpaired) electrons. The summed E-state index contributed by atoms with van der Waals surface area (Å²) < 4.78 is 1.25. The lowest BCUT2D eigenvalue weighted by atomic mass is 10.3. The van der Waals surface area contributed by atoms with E-state index in [1.165, 1.54) is 4.68 Å². The van der Waals surface area contributed by atoms with Gasteiger partial charge in [0.25, 0.3) is 5.56 Å². The zero-order valence-electron chi connectivity index (χ0n) is 14.8. The highest BCUT2D eigenvalue weighted by Crippen LogP contribution is 2.18. The monoisotopic (exact) mass is 413 g/mol. The normalized spacial score (nSPS) is 11.1. The van der Waals surface area contributed by atoms with Gasteiger partial charge >= 0.3 is 0 Å². The number of aromatic amines is 1. The Labute approximate surface area is 171 Å². The van der Waals surface area contributed by atoms with Crippen molar-refractivity contribution in [2.24, 2.45) is 0 Å². The maximum Gasteiger partial charge on any atom is 0.292 e. The largest absolute Gasteiger partial charge is 0.382 e. The number of imidazole rings is 1. The molecule has 0 atom stereocenters. The third kappa shape index (κ3) is 3.88. The molecule has 0 saturated carbocycles. The van der Waals surface area contributed by atoms with Crippen LogP contribution in [-0.2, 0) is 6.42 Å². The van der Waals surface area contributed by atoms with Gasteiger partial charge in [0, 0.05) is 18.0 Å². The summed E-state index contributed by atoms with van der Waals surface area (Å²) in [5.41, 5.74) is 2.73. The molecule has 0 aliphatic heterocycles. The molecule has 0 amide bonds. The molecule has 6 nitrogen and oxygen atoms in total. The van der Waals surface area contributed by atoms with Crippen LogP contribution >= 0.6 is 23.2 Å². The summed E-state index contributed by atoms with van der Waals surface area (Å²) in [6.07, 6.45) is 3.17. The Bertz CT molecular complexity index is 1130. The molecular formula is C20H17Cl2N5O. The summed E-state index contributed by atoms with van der Waals surface area (Å²) >= 11 is 12.1. The zero-order valence-corrected chi connectivity index (χ0v) is 16.3. The summed E-state index contributed by atoms with van der Waals surface area (Å²) in [5.74, 6) is 0.936. The molecule has 4 aromatic rings. The molecule has 0 saturated heterocycles. The molecule has 2 aromatic carbocycles. The van der Waals surface area contributed by atoms with Gasteiger partial charge in [0.2, 0.25) is 0 Å². The first kappa shape index (κ1) is 18.5. The highest BCUT2D eigenvalue weighted by molar-refractivity contribution is 6.33. The maximum atomic E-state index is 12.5. The summed E-state index contributed by atoms with van der Waals surface area (Å²) in [4.78, 5) is 20.4. The molecule has 2 aromatic heterocycles. The number of para-hydroxylation sites is 2. The predicted molar refractivity (Wildman–Crippen MR) is 113 cm³/mol. The number of nitrogens with zero attached hydrogens (tertiary/aromatic N) is 3. The smallest absolute Gasteiger partial charge is 0.292 e. The minimum Gasteiger partial charge on any atom is -0.382 e. The number of hydrogen-bond acceptors (Lipinski definition) is 4. The van der Waals surface area contributed by atoms with E-state index in [1.54, 1.807) is 30.5 Å². The van der Waals surface area contributed by atoms with Gasteiger partial charge in [-0.25, -0.2) is 4.98 Å². The lowest BCUT2D eigenvalue weighted by Gasteiger charge is -2.10. The molecule has 0 aliphatic rings. The first-order valence-electron chi connectivity index (χ1n) is 8.83. The van der Waals surface area contributed by atoms with E-state index < -0.39 is 0 Å². The van der Waals surface area contributed by atoms with E-state index in [9.17, 15) is 4.79 Å². The van der Waals surface area contributed by atoms with Crippen LogP contribution < -0.4 is 10.9 Å². The minimum atomic E-state index is -0.383. The van der Waals surface area contributed by atoms with E-state index in [1.807, 2.05) is 24.3 Å². The van der Waals surface area contributed by atoms with Crippen LogP contribution in [-0.4, -0.2) is 26.3 Å². The topological polar surface area (TPSA) is 75.6 Å². The lowest BCUT2D eigenvalue weighted by Crippen LogP contribution is -2.22. The summed E-state index contributed by atoms with van der Waals surface area (Å²) in [6, 6.07) is 14.8. The Morgan fingerprint density at radius 1 is 1.07 bits per heavy atom. The molecule has 28 heavy (non-hydrogen) atoms. The lowest BCUT2D eigenvalue weighted by molar-refractivity contribution is 0.797. The number of aryl methyl sites for hydroxylation is 1. The molecule has 8 heteroatoms. The van der Waals surface area contributed by atoms with Crippen molar-refractivity contribution in [1.82, 2.24) is 19.7 Å². The Morgan fingerprint density at radius 3 is 2.64 bits per heavy atom. The fourth-order valence-electron chi connectivity index (χ4n) is 2.93. The molecule has 0 fully saturated rings. The van der Waals surface area contributed by atoms with E-state index in [4.69, 9.17) is 23.2 Å². The summed E-state index contributed by atoms with van der Waals surface area (Å²) in [6.45, 7) is 0.642. The number of anilines is 1. The SMILES string of the molecule is O=c1c(Cl)c(NCCCc2nc3ccccc3[nH]2)cnn1-c1ccc(Cl)cc1. The third-order valence-electron chi connectivity index (χ3n) is 4.33. The Balaban J connectivity index is 1.40. The van der Waals surface area contributed by atoms with E-state index in [0.29, 0.717) is 22.9 Å². The number of nitrogens with one attached hydrogen (secondary N) is 2. The molecule has 0 bridgehead atoms. The van der Waals surface area contributed by atoms with Crippen LogP contribution in [0.3, 0.4) is 0 Å². The molecule has 0 spiro atoms. The number of aromatic nitrogens is 4. The zero-order chi connectivity index (χ0) is 19.5. The maximum absolute atomic E-state index is 12.5. The number of halogens is 2. The van der Waals surface area contributed by atoms with Gasteiger partial charge < -0.3 is 10.3 Å². The van der Waals surface area contributed by atoms with Crippen molar-refractivity contribution < 1.29 is 0 Å². The fraction of sp³-hybridized carbons (Fsp3) is 0.150. The van der Waals surface area contributed by atoms with Crippen molar-refractivity contribution in [2.45, 2.75) is 12.8 Å². The fourth-order valence-corrected chi connectivity index (χ4v) is 3.25. The van der Waals surface area contributed by atoms with E-state index in [0.717, 1.165) is 29.7 Å².